The molecule has 0 radical (unpaired) electrons. The number of thioether (sulfide) groups is 1. The number of anilines is 1. The zero-order valence-corrected chi connectivity index (χ0v) is 10.3. The Morgan fingerprint density at radius 2 is 2.31 bits per heavy atom. The summed E-state index contributed by atoms with van der Waals surface area (Å²) in [6.07, 6.45) is 0. The number of fused-ring (bicyclic) bond motifs is 1. The van der Waals surface area contributed by atoms with Gasteiger partial charge in [0.25, 0.3) is 5.91 Å². The number of carbonyl (C=O) groups excluding carboxylic acids is 1. The van der Waals surface area contributed by atoms with Crippen LogP contribution in [0.3, 0.4) is 0 Å². The first kappa shape index (κ1) is 11.3. The molecule has 1 aliphatic heterocycles. The Balaban J connectivity index is 2.12. The van der Waals surface area contributed by atoms with Gasteiger partial charge in [-0.05, 0) is 24.1 Å². The van der Waals surface area contributed by atoms with E-state index in [2.05, 4.69) is 19.2 Å². The predicted octanol–water partition coefficient (Wildman–Crippen LogP) is 2.77. The minimum atomic E-state index is -0.0847. The second kappa shape index (κ2) is 4.78. The van der Waals surface area contributed by atoms with Crippen molar-refractivity contribution in [3.8, 4) is 5.75 Å². The van der Waals surface area contributed by atoms with Crippen LogP contribution in [0.1, 0.15) is 13.8 Å². The third kappa shape index (κ3) is 2.70. The monoisotopic (exact) mass is 237 g/mol. The minimum Gasteiger partial charge on any atom is -0.482 e. The summed E-state index contributed by atoms with van der Waals surface area (Å²) in [7, 11) is 0. The lowest BCUT2D eigenvalue weighted by Gasteiger charge is -2.18. The second-order valence-electron chi connectivity index (χ2n) is 4.20. The number of nitrogens with one attached hydrogen (secondary N) is 1. The fourth-order valence-corrected chi connectivity index (χ4v) is 2.31. The van der Waals surface area contributed by atoms with Crippen molar-refractivity contribution < 1.29 is 9.53 Å². The number of ether oxygens (including phenoxy) is 1. The van der Waals surface area contributed by atoms with Gasteiger partial charge in [0.15, 0.2) is 6.61 Å². The highest BCUT2D eigenvalue weighted by atomic mass is 32.2. The topological polar surface area (TPSA) is 38.3 Å². The van der Waals surface area contributed by atoms with E-state index >= 15 is 0 Å². The SMILES string of the molecule is CC(C)CSc1ccc2c(c1)NC(=O)CO2. The molecule has 0 saturated carbocycles. The Morgan fingerprint density at radius 3 is 3.06 bits per heavy atom. The summed E-state index contributed by atoms with van der Waals surface area (Å²) in [5.41, 5.74) is 0.782. The van der Waals surface area contributed by atoms with Crippen LogP contribution in [0.25, 0.3) is 0 Å². The summed E-state index contributed by atoms with van der Waals surface area (Å²) in [5, 5.41) is 2.81. The Labute approximate surface area is 99.6 Å². The van der Waals surface area contributed by atoms with Gasteiger partial charge in [0, 0.05) is 10.6 Å². The summed E-state index contributed by atoms with van der Waals surface area (Å²) in [6.45, 7) is 4.50. The molecule has 1 N–H and O–H groups in total. The highest BCUT2D eigenvalue weighted by Gasteiger charge is 2.15. The van der Waals surface area contributed by atoms with Crippen LogP contribution < -0.4 is 10.1 Å². The van der Waals surface area contributed by atoms with Crippen LogP contribution in [-0.4, -0.2) is 18.3 Å². The maximum atomic E-state index is 11.2. The summed E-state index contributed by atoms with van der Waals surface area (Å²) >= 11 is 1.80. The molecule has 0 spiro atoms. The van der Waals surface area contributed by atoms with Crippen molar-refractivity contribution in [2.45, 2.75) is 18.7 Å². The fourth-order valence-electron chi connectivity index (χ4n) is 1.41. The van der Waals surface area contributed by atoms with E-state index in [1.54, 1.807) is 11.8 Å². The van der Waals surface area contributed by atoms with Gasteiger partial charge >= 0.3 is 0 Å². The molecule has 16 heavy (non-hydrogen) atoms. The average molecular weight is 237 g/mol. The molecule has 1 aromatic rings. The van der Waals surface area contributed by atoms with E-state index in [1.807, 2.05) is 18.2 Å². The van der Waals surface area contributed by atoms with Gasteiger partial charge < -0.3 is 10.1 Å². The largest absolute Gasteiger partial charge is 0.482 e. The second-order valence-corrected chi connectivity index (χ2v) is 5.29. The van der Waals surface area contributed by atoms with E-state index in [4.69, 9.17) is 4.74 Å². The van der Waals surface area contributed by atoms with Gasteiger partial charge in [-0.2, -0.15) is 0 Å². The molecule has 1 aliphatic rings. The van der Waals surface area contributed by atoms with E-state index < -0.39 is 0 Å². The van der Waals surface area contributed by atoms with Gasteiger partial charge in [0.05, 0.1) is 5.69 Å². The molecule has 2 rings (SSSR count). The Bertz CT molecular complexity index is 404. The first-order valence-corrected chi connectivity index (χ1v) is 6.33. The van der Waals surface area contributed by atoms with Crippen LogP contribution in [0.15, 0.2) is 23.1 Å². The molecule has 1 heterocycles. The van der Waals surface area contributed by atoms with Gasteiger partial charge in [0.2, 0.25) is 0 Å². The molecular formula is C12H15NO2S. The normalized spacial score (nSPS) is 14.3. The zero-order chi connectivity index (χ0) is 11.5. The van der Waals surface area contributed by atoms with Gasteiger partial charge in [-0.3, -0.25) is 4.79 Å². The van der Waals surface area contributed by atoms with Crippen LogP contribution >= 0.6 is 11.8 Å². The van der Waals surface area contributed by atoms with Crippen LogP contribution in [0.4, 0.5) is 5.69 Å². The molecule has 0 bridgehead atoms. The number of amides is 1. The maximum absolute atomic E-state index is 11.2. The van der Waals surface area contributed by atoms with E-state index in [1.165, 1.54) is 4.90 Å². The maximum Gasteiger partial charge on any atom is 0.262 e. The molecule has 1 aromatic carbocycles. The predicted molar refractivity (Wildman–Crippen MR) is 66.1 cm³/mol. The van der Waals surface area contributed by atoms with Crippen molar-refractivity contribution in [1.82, 2.24) is 0 Å². The number of rotatable bonds is 3. The summed E-state index contributed by atoms with van der Waals surface area (Å²) in [5.74, 6) is 2.41. The Morgan fingerprint density at radius 1 is 1.50 bits per heavy atom. The molecule has 0 fully saturated rings. The van der Waals surface area contributed by atoms with Crippen molar-refractivity contribution in [3.63, 3.8) is 0 Å². The van der Waals surface area contributed by atoms with Crippen molar-refractivity contribution in [2.24, 2.45) is 5.92 Å². The van der Waals surface area contributed by atoms with Gasteiger partial charge in [-0.15, -0.1) is 11.8 Å². The lowest BCUT2D eigenvalue weighted by molar-refractivity contribution is -0.118. The van der Waals surface area contributed by atoms with Crippen molar-refractivity contribution >= 4 is 23.4 Å². The third-order valence-electron chi connectivity index (χ3n) is 2.17. The molecular weight excluding hydrogens is 222 g/mol. The molecule has 0 saturated heterocycles. The molecule has 86 valence electrons. The van der Waals surface area contributed by atoms with Crippen LogP contribution in [0.2, 0.25) is 0 Å². The van der Waals surface area contributed by atoms with Crippen molar-refractivity contribution in [1.29, 1.82) is 0 Å². The molecule has 3 nitrogen and oxygen atoms in total. The van der Waals surface area contributed by atoms with Gasteiger partial charge in [-0.25, -0.2) is 0 Å². The summed E-state index contributed by atoms with van der Waals surface area (Å²) in [6, 6.07) is 5.92. The Hall–Kier alpha value is -1.16. The molecule has 4 heteroatoms. The quantitative estimate of drug-likeness (QED) is 0.821. The number of hydrogen-bond acceptors (Lipinski definition) is 3. The Kier molecular flexibility index (Phi) is 3.39. The summed E-state index contributed by atoms with van der Waals surface area (Å²) in [4.78, 5) is 12.3. The minimum absolute atomic E-state index is 0.0847. The molecule has 0 aliphatic carbocycles. The van der Waals surface area contributed by atoms with Crippen LogP contribution in [-0.2, 0) is 4.79 Å². The molecule has 1 amide bonds. The highest BCUT2D eigenvalue weighted by Crippen LogP contribution is 2.32. The van der Waals surface area contributed by atoms with Crippen molar-refractivity contribution in [3.05, 3.63) is 18.2 Å². The van der Waals surface area contributed by atoms with Gasteiger partial charge in [-0.1, -0.05) is 13.8 Å². The zero-order valence-electron chi connectivity index (χ0n) is 9.45. The average Bonchev–Trinajstić information content (AvgIpc) is 2.25. The summed E-state index contributed by atoms with van der Waals surface area (Å²) < 4.78 is 5.29. The van der Waals surface area contributed by atoms with E-state index in [0.717, 1.165) is 17.2 Å². The van der Waals surface area contributed by atoms with E-state index in [9.17, 15) is 4.79 Å². The highest BCUT2D eigenvalue weighted by molar-refractivity contribution is 7.99. The number of carbonyl (C=O) groups is 1. The molecule has 0 unspecified atom stereocenters. The van der Waals surface area contributed by atoms with Crippen LogP contribution in [0, 0.1) is 5.92 Å². The van der Waals surface area contributed by atoms with Gasteiger partial charge in [0.1, 0.15) is 5.75 Å². The standard InChI is InChI=1S/C12H15NO2S/c1-8(2)7-16-9-3-4-11-10(5-9)13-12(14)6-15-11/h3-5,8H,6-7H2,1-2H3,(H,13,14). The first-order valence-electron chi connectivity index (χ1n) is 5.34. The lowest BCUT2D eigenvalue weighted by atomic mass is 10.2. The van der Waals surface area contributed by atoms with Crippen LogP contribution in [0.5, 0.6) is 5.75 Å². The number of benzene rings is 1. The molecule has 0 aromatic heterocycles. The molecule has 0 atom stereocenters. The van der Waals surface area contributed by atoms with E-state index in [-0.39, 0.29) is 12.5 Å². The van der Waals surface area contributed by atoms with Crippen molar-refractivity contribution in [2.75, 3.05) is 17.7 Å². The lowest BCUT2D eigenvalue weighted by Crippen LogP contribution is -2.25. The smallest absolute Gasteiger partial charge is 0.262 e. The number of hydrogen-bond donors (Lipinski definition) is 1. The third-order valence-corrected chi connectivity index (χ3v) is 3.59. The first-order chi connectivity index (χ1) is 7.65. The van der Waals surface area contributed by atoms with E-state index in [0.29, 0.717) is 5.92 Å². The fraction of sp³-hybridized carbons (Fsp3) is 0.417.